The van der Waals surface area contributed by atoms with Crippen molar-refractivity contribution >= 4 is 49.3 Å². The lowest BCUT2D eigenvalue weighted by molar-refractivity contribution is 1.18. The molecule has 0 amide bonds. The van der Waals surface area contributed by atoms with Crippen LogP contribution in [0.2, 0.25) is 0 Å². The van der Waals surface area contributed by atoms with Crippen molar-refractivity contribution in [2.75, 3.05) is 0 Å². The van der Waals surface area contributed by atoms with Crippen molar-refractivity contribution in [1.29, 1.82) is 5.26 Å². The van der Waals surface area contributed by atoms with E-state index in [2.05, 4.69) is 154 Å². The number of rotatable bonds is 4. The molecule has 0 radical (unpaired) electrons. The Morgan fingerprint density at radius 1 is 0.479 bits per heavy atom. The summed E-state index contributed by atoms with van der Waals surface area (Å²) >= 11 is 0. The van der Waals surface area contributed by atoms with Gasteiger partial charge in [-0.2, -0.15) is 5.26 Å². The summed E-state index contributed by atoms with van der Waals surface area (Å²) in [5, 5.41) is 14.8. The molecule has 0 aliphatic heterocycles. The highest BCUT2D eigenvalue weighted by Gasteiger charge is 2.19. The molecule has 0 bridgehead atoms. The topological polar surface area (TPSA) is 38.0 Å². The van der Waals surface area contributed by atoms with Crippen molar-refractivity contribution in [2.24, 2.45) is 0 Å². The highest BCUT2D eigenvalue weighted by molar-refractivity contribution is 6.11. The minimum Gasteiger partial charge on any atom is -0.318 e. The Balaban J connectivity index is 1.20. The van der Waals surface area contributed by atoms with Crippen molar-refractivity contribution in [2.45, 2.75) is 0 Å². The maximum atomic E-state index is 10.1. The van der Waals surface area contributed by atoms with E-state index in [9.17, 15) is 5.26 Å². The average Bonchev–Trinajstić information content (AvgIpc) is 3.67. The van der Waals surface area contributed by atoms with Gasteiger partial charge in [-0.1, -0.05) is 115 Å². The molecule has 9 rings (SSSR count). The second-order valence-electron chi connectivity index (χ2n) is 12.0. The molecule has 0 N–H and O–H groups in total. The molecule has 0 atom stereocenters. The Labute approximate surface area is 277 Å². The third-order valence-electron chi connectivity index (χ3n) is 9.35. The Bertz CT molecular complexity index is 2690. The van der Waals surface area contributed by atoms with Gasteiger partial charge in [0, 0.05) is 27.2 Å². The summed E-state index contributed by atoms with van der Waals surface area (Å²) in [6, 6.07) is 56.5. The van der Waals surface area contributed by atoms with E-state index < -0.39 is 0 Å². The van der Waals surface area contributed by atoms with E-state index >= 15 is 0 Å². The van der Waals surface area contributed by atoms with E-state index in [1.54, 1.807) is 0 Å². The van der Waals surface area contributed by atoms with Crippen molar-refractivity contribution in [3.05, 3.63) is 175 Å². The molecule has 4 nitrogen and oxygen atoms in total. The highest BCUT2D eigenvalue weighted by Crippen LogP contribution is 2.41. The molecule has 2 aromatic heterocycles. The van der Waals surface area contributed by atoms with Gasteiger partial charge in [-0.05, 0) is 64.7 Å². The van der Waals surface area contributed by atoms with E-state index in [-0.39, 0.29) is 0 Å². The Kier molecular flexibility index (Phi) is 6.22. The summed E-state index contributed by atoms with van der Waals surface area (Å²) in [5.74, 6) is 0. The molecule has 0 aliphatic carbocycles. The van der Waals surface area contributed by atoms with Crippen LogP contribution in [0.3, 0.4) is 0 Å². The van der Waals surface area contributed by atoms with Gasteiger partial charge in [0.05, 0.1) is 46.0 Å². The summed E-state index contributed by atoms with van der Waals surface area (Å²) < 4.78 is 4.48. The van der Waals surface area contributed by atoms with Crippen molar-refractivity contribution in [1.82, 2.24) is 9.13 Å². The largest absolute Gasteiger partial charge is 0.318 e. The molecule has 0 unspecified atom stereocenters. The average molecular weight is 611 g/mol. The van der Waals surface area contributed by atoms with Gasteiger partial charge in [-0.3, -0.25) is 0 Å². The van der Waals surface area contributed by atoms with Gasteiger partial charge in [0.2, 0.25) is 5.69 Å². The molecule has 4 heteroatoms. The van der Waals surface area contributed by atoms with Gasteiger partial charge >= 0.3 is 0 Å². The fourth-order valence-corrected chi connectivity index (χ4v) is 7.27. The molecule has 0 spiro atoms. The number of nitriles is 1. The Morgan fingerprint density at radius 3 is 1.50 bits per heavy atom. The summed E-state index contributed by atoms with van der Waals surface area (Å²) in [6.07, 6.45) is 0. The molecule has 0 saturated carbocycles. The van der Waals surface area contributed by atoms with Crippen LogP contribution in [0.4, 0.5) is 5.69 Å². The highest BCUT2D eigenvalue weighted by atomic mass is 15.0. The molecule has 0 aliphatic rings. The van der Waals surface area contributed by atoms with Crippen LogP contribution in [0, 0.1) is 17.9 Å². The lowest BCUT2D eigenvalue weighted by Crippen LogP contribution is -1.98. The van der Waals surface area contributed by atoms with E-state index in [0.29, 0.717) is 11.3 Å². The van der Waals surface area contributed by atoms with Crippen LogP contribution in [0.15, 0.2) is 158 Å². The first-order valence-corrected chi connectivity index (χ1v) is 15.9. The van der Waals surface area contributed by atoms with Crippen LogP contribution >= 0.6 is 0 Å². The van der Waals surface area contributed by atoms with Gasteiger partial charge in [-0.25, -0.2) is 4.85 Å². The van der Waals surface area contributed by atoms with Gasteiger partial charge in [0.15, 0.2) is 0 Å². The first-order chi connectivity index (χ1) is 23.7. The second kappa shape index (κ2) is 10.9. The van der Waals surface area contributed by atoms with Gasteiger partial charge in [0.1, 0.15) is 0 Å². The lowest BCUT2D eigenvalue weighted by Gasteiger charge is -2.16. The van der Waals surface area contributed by atoms with Crippen molar-refractivity contribution in [3.63, 3.8) is 0 Å². The van der Waals surface area contributed by atoms with Crippen LogP contribution < -0.4 is 0 Å². The minimum atomic E-state index is 0.598. The molecule has 48 heavy (non-hydrogen) atoms. The van der Waals surface area contributed by atoms with Gasteiger partial charge in [-0.15, -0.1) is 0 Å². The maximum Gasteiger partial charge on any atom is 0.211 e. The third-order valence-corrected chi connectivity index (χ3v) is 9.35. The molecule has 9 aromatic rings. The number of fused-ring (bicyclic) bond motifs is 6. The summed E-state index contributed by atoms with van der Waals surface area (Å²) in [4.78, 5) is 3.98. The number of benzene rings is 7. The van der Waals surface area contributed by atoms with Crippen LogP contribution in [-0.4, -0.2) is 9.13 Å². The molecule has 222 valence electrons. The maximum absolute atomic E-state index is 10.1. The monoisotopic (exact) mass is 610 g/mol. The Hall–Kier alpha value is -6.88. The van der Waals surface area contributed by atoms with Crippen LogP contribution in [-0.2, 0) is 0 Å². The van der Waals surface area contributed by atoms with E-state index in [1.807, 2.05) is 24.3 Å². The second-order valence-corrected chi connectivity index (χ2v) is 12.0. The number of hydrogen-bond donors (Lipinski definition) is 0. The van der Waals surface area contributed by atoms with Crippen LogP contribution in [0.1, 0.15) is 5.56 Å². The predicted octanol–water partition coefficient (Wildman–Crippen LogP) is 11.6. The number of aromatic nitrogens is 2. The predicted molar refractivity (Wildman–Crippen MR) is 197 cm³/mol. The van der Waals surface area contributed by atoms with Gasteiger partial charge < -0.3 is 9.13 Å². The van der Waals surface area contributed by atoms with E-state index in [0.717, 1.165) is 66.5 Å². The van der Waals surface area contributed by atoms with Crippen LogP contribution in [0.25, 0.3) is 82.1 Å². The van der Waals surface area contributed by atoms with Crippen molar-refractivity contribution < 1.29 is 0 Å². The standard InChI is InChI=1S/C44H26N4/c1-46-39-16-10-15-34(44(39)48-42-19-8-4-13-37(42)38-14-5-9-20-43(38)48)31-23-21-30(22-24-31)32-25-29(28-45)26-33(27-32)47-40-17-6-2-11-35(40)36-12-3-7-18-41(36)47/h2-27H. The number of para-hydroxylation sites is 5. The molecule has 0 fully saturated rings. The zero-order chi connectivity index (χ0) is 32.2. The number of hydrogen-bond acceptors (Lipinski definition) is 1. The third kappa shape index (κ3) is 4.14. The first kappa shape index (κ1) is 27.4. The lowest BCUT2D eigenvalue weighted by atomic mass is 9.97. The quantitative estimate of drug-likeness (QED) is 0.183. The minimum absolute atomic E-state index is 0.598. The van der Waals surface area contributed by atoms with E-state index in [1.165, 1.54) is 10.8 Å². The van der Waals surface area contributed by atoms with Crippen LogP contribution in [0.5, 0.6) is 0 Å². The summed E-state index contributed by atoms with van der Waals surface area (Å²) in [5.41, 5.74) is 11.3. The smallest absolute Gasteiger partial charge is 0.211 e. The summed E-state index contributed by atoms with van der Waals surface area (Å²) in [6.45, 7) is 8.11. The zero-order valence-corrected chi connectivity index (χ0v) is 25.8. The molecule has 0 saturated heterocycles. The normalized spacial score (nSPS) is 11.3. The molecule has 7 aromatic carbocycles. The van der Waals surface area contributed by atoms with Crippen molar-refractivity contribution in [3.8, 4) is 39.7 Å². The fraction of sp³-hybridized carbons (Fsp3) is 0. The summed E-state index contributed by atoms with van der Waals surface area (Å²) in [7, 11) is 0. The SMILES string of the molecule is [C-]#[N+]c1cccc(-c2ccc(-c3cc(C#N)cc(-n4c5ccccc5c5ccccc54)c3)cc2)c1-n1c2ccccc2c2ccccc21. The Morgan fingerprint density at radius 2 is 0.979 bits per heavy atom. The molecule has 2 heterocycles. The molecular formula is C44H26N4. The zero-order valence-electron chi connectivity index (χ0n) is 25.8. The number of nitrogens with zero attached hydrogens (tertiary/aromatic N) is 4. The molecular weight excluding hydrogens is 585 g/mol. The van der Waals surface area contributed by atoms with E-state index in [4.69, 9.17) is 6.57 Å². The fourth-order valence-electron chi connectivity index (χ4n) is 7.27. The van der Waals surface area contributed by atoms with Gasteiger partial charge in [0.25, 0.3) is 0 Å². The first-order valence-electron chi connectivity index (χ1n) is 15.9.